The van der Waals surface area contributed by atoms with Crippen LogP contribution in [0.1, 0.15) is 5.69 Å². The summed E-state index contributed by atoms with van der Waals surface area (Å²) in [5, 5.41) is 0. The third-order valence-electron chi connectivity index (χ3n) is 1.93. The molecule has 0 amide bonds. The average molecular weight is 264 g/mol. The number of hydrogen-bond donors (Lipinski definition) is 1. The summed E-state index contributed by atoms with van der Waals surface area (Å²) >= 11 is 0. The molecule has 1 aromatic heterocycles. The number of carbonyl (C=O) groups is 1. The van der Waals surface area contributed by atoms with Crippen LogP contribution in [-0.2, 0) is 15.7 Å². The Morgan fingerprint density at radius 2 is 2.17 bits per heavy atom. The van der Waals surface area contributed by atoms with Crippen molar-refractivity contribution in [1.29, 1.82) is 0 Å². The van der Waals surface area contributed by atoms with Gasteiger partial charge >= 0.3 is 12.1 Å². The summed E-state index contributed by atoms with van der Waals surface area (Å²) in [6, 6.07) is 2.12. The zero-order chi connectivity index (χ0) is 13.8. The molecule has 18 heavy (non-hydrogen) atoms. The van der Waals surface area contributed by atoms with Crippen LogP contribution < -0.4 is 10.5 Å². The fourth-order valence-corrected chi connectivity index (χ4v) is 1.05. The summed E-state index contributed by atoms with van der Waals surface area (Å²) in [5.41, 5.74) is 4.27. The number of esters is 1. The number of rotatable bonds is 4. The van der Waals surface area contributed by atoms with E-state index >= 15 is 0 Å². The number of halogens is 3. The lowest BCUT2D eigenvalue weighted by molar-refractivity contribution is -0.143. The van der Waals surface area contributed by atoms with Crippen molar-refractivity contribution in [3.63, 3.8) is 0 Å². The molecule has 0 aliphatic heterocycles. The Bertz CT molecular complexity index is 423. The van der Waals surface area contributed by atoms with E-state index in [2.05, 4.69) is 9.72 Å². The van der Waals surface area contributed by atoms with Crippen molar-refractivity contribution < 1.29 is 27.4 Å². The summed E-state index contributed by atoms with van der Waals surface area (Å²) in [6.07, 6.45) is -4.55. The maximum absolute atomic E-state index is 12.3. The normalized spacial score (nSPS) is 12.9. The number of alkyl halides is 3. The lowest BCUT2D eigenvalue weighted by Crippen LogP contribution is -2.37. The first-order valence-corrected chi connectivity index (χ1v) is 4.85. The van der Waals surface area contributed by atoms with E-state index in [1.54, 1.807) is 0 Å². The van der Waals surface area contributed by atoms with E-state index in [1.165, 1.54) is 6.07 Å². The van der Waals surface area contributed by atoms with Crippen molar-refractivity contribution in [2.45, 2.75) is 12.2 Å². The van der Waals surface area contributed by atoms with E-state index in [1.807, 2.05) is 0 Å². The molecule has 0 aliphatic carbocycles. The monoisotopic (exact) mass is 264 g/mol. The summed E-state index contributed by atoms with van der Waals surface area (Å²) in [6.45, 7) is -0.318. The SMILES string of the molecule is COC(=O)C(N)COc1cccc(C(F)(F)F)n1. The van der Waals surface area contributed by atoms with Gasteiger partial charge in [-0.1, -0.05) is 6.07 Å². The topological polar surface area (TPSA) is 74.4 Å². The average Bonchev–Trinajstić information content (AvgIpc) is 2.34. The number of hydrogen-bond acceptors (Lipinski definition) is 5. The second kappa shape index (κ2) is 5.67. The smallest absolute Gasteiger partial charge is 0.433 e. The van der Waals surface area contributed by atoms with Gasteiger partial charge in [0.25, 0.3) is 0 Å². The lowest BCUT2D eigenvalue weighted by Gasteiger charge is -2.11. The van der Waals surface area contributed by atoms with Gasteiger partial charge in [-0.25, -0.2) is 4.98 Å². The van der Waals surface area contributed by atoms with Gasteiger partial charge in [-0.2, -0.15) is 13.2 Å². The highest BCUT2D eigenvalue weighted by molar-refractivity contribution is 5.75. The van der Waals surface area contributed by atoms with Crippen LogP contribution in [0.15, 0.2) is 18.2 Å². The Morgan fingerprint density at radius 3 is 2.72 bits per heavy atom. The van der Waals surface area contributed by atoms with Crippen molar-refractivity contribution in [2.75, 3.05) is 13.7 Å². The third kappa shape index (κ3) is 3.88. The Balaban J connectivity index is 2.66. The maximum atomic E-state index is 12.3. The van der Waals surface area contributed by atoms with E-state index in [4.69, 9.17) is 10.5 Å². The second-order valence-corrected chi connectivity index (χ2v) is 3.30. The molecule has 0 aliphatic rings. The van der Waals surface area contributed by atoms with Crippen LogP contribution in [0.5, 0.6) is 5.88 Å². The zero-order valence-corrected chi connectivity index (χ0v) is 9.40. The van der Waals surface area contributed by atoms with Crippen LogP contribution >= 0.6 is 0 Å². The van der Waals surface area contributed by atoms with E-state index in [-0.39, 0.29) is 12.5 Å². The number of methoxy groups -OCH3 is 1. The minimum absolute atomic E-state index is 0.260. The van der Waals surface area contributed by atoms with Crippen molar-refractivity contribution in [1.82, 2.24) is 4.98 Å². The molecule has 0 radical (unpaired) electrons. The first kappa shape index (κ1) is 14.2. The van der Waals surface area contributed by atoms with Crippen LogP contribution in [0.4, 0.5) is 13.2 Å². The van der Waals surface area contributed by atoms with E-state index in [0.29, 0.717) is 0 Å². The van der Waals surface area contributed by atoms with Gasteiger partial charge < -0.3 is 15.2 Å². The number of nitrogens with zero attached hydrogens (tertiary/aromatic N) is 1. The van der Waals surface area contributed by atoms with Crippen LogP contribution in [-0.4, -0.2) is 30.7 Å². The van der Waals surface area contributed by atoms with Crippen molar-refractivity contribution >= 4 is 5.97 Å². The van der Waals surface area contributed by atoms with E-state index in [9.17, 15) is 18.0 Å². The Kier molecular flexibility index (Phi) is 4.49. The fraction of sp³-hybridized carbons (Fsp3) is 0.400. The van der Waals surface area contributed by atoms with E-state index < -0.39 is 23.9 Å². The molecule has 1 rings (SSSR count). The van der Waals surface area contributed by atoms with Gasteiger partial charge in [0.15, 0.2) is 0 Å². The summed E-state index contributed by atoms with van der Waals surface area (Å²) in [4.78, 5) is 14.2. The number of pyridine rings is 1. The molecular formula is C10H11F3N2O3. The number of carbonyl (C=O) groups excluding carboxylic acids is 1. The zero-order valence-electron chi connectivity index (χ0n) is 9.40. The molecule has 1 heterocycles. The molecule has 100 valence electrons. The van der Waals surface area contributed by atoms with Crippen molar-refractivity contribution in [3.8, 4) is 5.88 Å². The third-order valence-corrected chi connectivity index (χ3v) is 1.93. The quantitative estimate of drug-likeness (QED) is 0.820. The van der Waals surface area contributed by atoms with Gasteiger partial charge in [0.2, 0.25) is 5.88 Å². The molecule has 0 aromatic carbocycles. The Labute approximate surface area is 101 Å². The maximum Gasteiger partial charge on any atom is 0.433 e. The largest absolute Gasteiger partial charge is 0.475 e. The predicted octanol–water partition coefficient (Wildman–Crippen LogP) is 0.979. The van der Waals surface area contributed by atoms with Gasteiger partial charge in [-0.05, 0) is 6.07 Å². The van der Waals surface area contributed by atoms with Crippen LogP contribution in [0.2, 0.25) is 0 Å². The standard InChI is InChI=1S/C10H11F3N2O3/c1-17-9(16)6(14)5-18-8-4-2-3-7(15-8)10(11,12)13/h2-4,6H,5,14H2,1H3. The first-order chi connectivity index (χ1) is 8.34. The summed E-state index contributed by atoms with van der Waals surface area (Å²) < 4.78 is 46.2. The Morgan fingerprint density at radius 1 is 1.50 bits per heavy atom. The lowest BCUT2D eigenvalue weighted by atomic mass is 10.3. The molecule has 1 atom stereocenters. The minimum atomic E-state index is -4.55. The molecule has 1 aromatic rings. The van der Waals surface area contributed by atoms with Gasteiger partial charge in [-0.15, -0.1) is 0 Å². The van der Waals surface area contributed by atoms with Crippen molar-refractivity contribution in [2.24, 2.45) is 5.73 Å². The highest BCUT2D eigenvalue weighted by atomic mass is 19.4. The minimum Gasteiger partial charge on any atom is -0.475 e. The fourth-order valence-electron chi connectivity index (χ4n) is 1.05. The van der Waals surface area contributed by atoms with Crippen LogP contribution in [0, 0.1) is 0 Å². The van der Waals surface area contributed by atoms with Crippen LogP contribution in [0.3, 0.4) is 0 Å². The molecular weight excluding hydrogens is 253 g/mol. The first-order valence-electron chi connectivity index (χ1n) is 4.85. The molecule has 2 N–H and O–H groups in total. The second-order valence-electron chi connectivity index (χ2n) is 3.30. The molecule has 0 saturated heterocycles. The number of aromatic nitrogens is 1. The molecule has 8 heteroatoms. The Hall–Kier alpha value is -1.83. The summed E-state index contributed by atoms with van der Waals surface area (Å²) in [7, 11) is 1.14. The highest BCUT2D eigenvalue weighted by Crippen LogP contribution is 2.28. The molecule has 0 saturated carbocycles. The van der Waals surface area contributed by atoms with Gasteiger partial charge in [-0.3, -0.25) is 4.79 Å². The van der Waals surface area contributed by atoms with Gasteiger partial charge in [0, 0.05) is 6.07 Å². The molecule has 0 spiro atoms. The predicted molar refractivity (Wildman–Crippen MR) is 54.7 cm³/mol. The van der Waals surface area contributed by atoms with Gasteiger partial charge in [0.05, 0.1) is 7.11 Å². The van der Waals surface area contributed by atoms with Gasteiger partial charge in [0.1, 0.15) is 18.3 Å². The summed E-state index contributed by atoms with van der Waals surface area (Å²) in [5.74, 6) is -0.980. The molecule has 0 bridgehead atoms. The van der Waals surface area contributed by atoms with Crippen LogP contribution in [0.25, 0.3) is 0 Å². The highest BCUT2D eigenvalue weighted by Gasteiger charge is 2.32. The molecule has 5 nitrogen and oxygen atoms in total. The number of ether oxygens (including phenoxy) is 2. The van der Waals surface area contributed by atoms with E-state index in [0.717, 1.165) is 19.2 Å². The van der Waals surface area contributed by atoms with Crippen molar-refractivity contribution in [3.05, 3.63) is 23.9 Å². The molecule has 1 unspecified atom stereocenters. The number of nitrogens with two attached hydrogens (primary N) is 1. The molecule has 0 fully saturated rings.